The van der Waals surface area contributed by atoms with Crippen LogP contribution in [-0.4, -0.2) is 11.8 Å². The van der Waals surface area contributed by atoms with Gasteiger partial charge in [-0.1, -0.05) is 52.3 Å². The van der Waals surface area contributed by atoms with E-state index in [0.29, 0.717) is 17.1 Å². The average molecular weight is 279 g/mol. The molecule has 0 aliphatic rings. The third-order valence-electron chi connectivity index (χ3n) is 3.34. The van der Waals surface area contributed by atoms with Crippen molar-refractivity contribution in [2.24, 2.45) is 11.8 Å². The summed E-state index contributed by atoms with van der Waals surface area (Å²) in [6, 6.07) is 6.83. The summed E-state index contributed by atoms with van der Waals surface area (Å²) in [4.78, 5) is 1.43. The van der Waals surface area contributed by atoms with Gasteiger partial charge in [-0.25, -0.2) is 0 Å². The molecular formula is C17H29NS. The third kappa shape index (κ3) is 6.01. The Morgan fingerprint density at radius 2 is 1.79 bits per heavy atom. The predicted octanol–water partition coefficient (Wildman–Crippen LogP) is 4.88. The zero-order chi connectivity index (χ0) is 14.4. The molecule has 1 aromatic rings. The molecule has 1 rings (SSSR count). The topological polar surface area (TPSA) is 12.0 Å². The molecule has 19 heavy (non-hydrogen) atoms. The molecule has 0 saturated heterocycles. The van der Waals surface area contributed by atoms with Gasteiger partial charge in [0.25, 0.3) is 0 Å². The molecule has 0 amide bonds. The van der Waals surface area contributed by atoms with Gasteiger partial charge in [-0.3, -0.25) is 0 Å². The lowest BCUT2D eigenvalue weighted by atomic mass is 10.1. The lowest BCUT2D eigenvalue weighted by molar-refractivity contribution is 0.550. The Balaban J connectivity index is 2.73. The van der Waals surface area contributed by atoms with Crippen molar-refractivity contribution >= 4 is 11.8 Å². The lowest BCUT2D eigenvalue weighted by Gasteiger charge is -2.18. The van der Waals surface area contributed by atoms with E-state index in [0.717, 1.165) is 13.1 Å². The van der Waals surface area contributed by atoms with E-state index in [1.165, 1.54) is 16.0 Å². The first-order valence-corrected chi connectivity index (χ1v) is 8.25. The molecule has 1 nitrogen and oxygen atoms in total. The number of thioether (sulfide) groups is 1. The number of rotatable bonds is 7. The van der Waals surface area contributed by atoms with Gasteiger partial charge in [0.05, 0.1) is 0 Å². The maximum Gasteiger partial charge on any atom is 0.0216 e. The van der Waals surface area contributed by atoms with Crippen molar-refractivity contribution in [1.82, 2.24) is 5.32 Å². The van der Waals surface area contributed by atoms with Crippen LogP contribution in [0.3, 0.4) is 0 Å². The lowest BCUT2D eigenvalue weighted by Crippen LogP contribution is -2.19. The first-order chi connectivity index (χ1) is 8.90. The second kappa shape index (κ2) is 7.96. The van der Waals surface area contributed by atoms with E-state index in [4.69, 9.17) is 0 Å². The Morgan fingerprint density at radius 3 is 2.37 bits per heavy atom. The van der Waals surface area contributed by atoms with Crippen LogP contribution in [0.1, 0.15) is 45.7 Å². The predicted molar refractivity (Wildman–Crippen MR) is 87.9 cm³/mol. The van der Waals surface area contributed by atoms with Crippen molar-refractivity contribution in [2.45, 2.75) is 58.2 Å². The van der Waals surface area contributed by atoms with Crippen LogP contribution in [0.5, 0.6) is 0 Å². The van der Waals surface area contributed by atoms with Crippen LogP contribution < -0.4 is 5.32 Å². The summed E-state index contributed by atoms with van der Waals surface area (Å²) in [6.07, 6.45) is 0. The number of nitrogens with one attached hydrogen (secondary N) is 1. The summed E-state index contributed by atoms with van der Waals surface area (Å²) >= 11 is 2.01. The quantitative estimate of drug-likeness (QED) is 0.714. The molecule has 1 unspecified atom stereocenters. The van der Waals surface area contributed by atoms with Crippen molar-refractivity contribution < 1.29 is 0 Å². The number of aryl methyl sites for hydroxylation is 1. The van der Waals surface area contributed by atoms with Crippen molar-refractivity contribution in [3.05, 3.63) is 29.3 Å². The number of benzene rings is 1. The van der Waals surface area contributed by atoms with Crippen LogP contribution in [0.15, 0.2) is 23.1 Å². The summed E-state index contributed by atoms with van der Waals surface area (Å²) in [7, 11) is 0. The molecule has 0 radical (unpaired) electrons. The van der Waals surface area contributed by atoms with Crippen molar-refractivity contribution in [3.8, 4) is 0 Å². The molecule has 0 spiro atoms. The minimum atomic E-state index is 0.659. The highest BCUT2D eigenvalue weighted by atomic mass is 32.2. The van der Waals surface area contributed by atoms with Crippen LogP contribution in [0.25, 0.3) is 0 Å². The fourth-order valence-corrected chi connectivity index (χ4v) is 2.90. The third-order valence-corrected chi connectivity index (χ3v) is 4.90. The van der Waals surface area contributed by atoms with Gasteiger partial charge in [0, 0.05) is 16.7 Å². The standard InChI is InChI=1S/C17H29NS/c1-12(2)10-18-11-16-9-14(5)7-8-17(16)19-15(6)13(3)4/h7-9,12-13,15,18H,10-11H2,1-6H3. The van der Waals surface area contributed by atoms with Crippen LogP contribution in [-0.2, 0) is 6.54 Å². The molecule has 0 aliphatic carbocycles. The maximum absolute atomic E-state index is 3.56. The van der Waals surface area contributed by atoms with E-state index < -0.39 is 0 Å². The zero-order valence-corrected chi connectivity index (χ0v) is 14.1. The summed E-state index contributed by atoms with van der Waals surface area (Å²) in [5, 5.41) is 4.22. The molecular weight excluding hydrogens is 250 g/mol. The summed E-state index contributed by atoms with van der Waals surface area (Å²) in [5.74, 6) is 1.42. The molecule has 0 saturated carbocycles. The van der Waals surface area contributed by atoms with E-state index in [1.807, 2.05) is 11.8 Å². The Bertz CT molecular complexity index is 385. The number of hydrogen-bond donors (Lipinski definition) is 1. The Labute approximate surface area is 123 Å². The van der Waals surface area contributed by atoms with E-state index in [1.54, 1.807) is 0 Å². The molecule has 0 heterocycles. The molecule has 1 N–H and O–H groups in total. The minimum Gasteiger partial charge on any atom is -0.312 e. The van der Waals surface area contributed by atoms with Gasteiger partial charge in [-0.15, -0.1) is 11.8 Å². The van der Waals surface area contributed by atoms with Crippen LogP contribution in [0, 0.1) is 18.8 Å². The summed E-state index contributed by atoms with van der Waals surface area (Å²) < 4.78 is 0. The second-order valence-electron chi connectivity index (χ2n) is 6.20. The van der Waals surface area contributed by atoms with Gasteiger partial charge in [0.15, 0.2) is 0 Å². The first-order valence-electron chi connectivity index (χ1n) is 7.37. The Hall–Kier alpha value is -0.470. The normalized spacial score (nSPS) is 13.3. The van der Waals surface area contributed by atoms with E-state index in [9.17, 15) is 0 Å². The highest BCUT2D eigenvalue weighted by Gasteiger charge is 2.12. The van der Waals surface area contributed by atoms with E-state index >= 15 is 0 Å². The molecule has 0 fully saturated rings. The van der Waals surface area contributed by atoms with Gasteiger partial charge in [0.1, 0.15) is 0 Å². The van der Waals surface area contributed by atoms with Crippen molar-refractivity contribution in [3.63, 3.8) is 0 Å². The van der Waals surface area contributed by atoms with Gasteiger partial charge in [0.2, 0.25) is 0 Å². The highest BCUT2D eigenvalue weighted by molar-refractivity contribution is 8.00. The summed E-state index contributed by atoms with van der Waals surface area (Å²) in [5.41, 5.74) is 2.79. The molecule has 0 aromatic heterocycles. The van der Waals surface area contributed by atoms with E-state index in [-0.39, 0.29) is 0 Å². The summed E-state index contributed by atoms with van der Waals surface area (Å²) in [6.45, 7) is 15.6. The first kappa shape index (κ1) is 16.6. The van der Waals surface area contributed by atoms with E-state index in [2.05, 4.69) is 65.1 Å². The number of hydrogen-bond acceptors (Lipinski definition) is 2. The molecule has 0 bridgehead atoms. The average Bonchev–Trinajstić information content (AvgIpc) is 2.31. The Morgan fingerprint density at radius 1 is 1.11 bits per heavy atom. The van der Waals surface area contributed by atoms with Gasteiger partial charge in [-0.2, -0.15) is 0 Å². The van der Waals surface area contributed by atoms with Crippen LogP contribution >= 0.6 is 11.8 Å². The van der Waals surface area contributed by atoms with Crippen molar-refractivity contribution in [2.75, 3.05) is 6.54 Å². The minimum absolute atomic E-state index is 0.659. The zero-order valence-electron chi connectivity index (χ0n) is 13.3. The molecule has 108 valence electrons. The fourth-order valence-electron chi connectivity index (χ4n) is 1.79. The highest BCUT2D eigenvalue weighted by Crippen LogP contribution is 2.31. The fraction of sp³-hybridized carbons (Fsp3) is 0.647. The van der Waals surface area contributed by atoms with Crippen molar-refractivity contribution in [1.29, 1.82) is 0 Å². The van der Waals surface area contributed by atoms with Gasteiger partial charge in [-0.05, 0) is 36.9 Å². The largest absolute Gasteiger partial charge is 0.312 e. The van der Waals surface area contributed by atoms with Crippen LogP contribution in [0.4, 0.5) is 0 Å². The van der Waals surface area contributed by atoms with Gasteiger partial charge >= 0.3 is 0 Å². The molecule has 0 aliphatic heterocycles. The smallest absolute Gasteiger partial charge is 0.0216 e. The molecule has 1 atom stereocenters. The SMILES string of the molecule is Cc1ccc(SC(C)C(C)C)c(CNCC(C)C)c1. The van der Waals surface area contributed by atoms with Gasteiger partial charge < -0.3 is 5.32 Å². The molecule has 1 aromatic carbocycles. The monoisotopic (exact) mass is 279 g/mol. The molecule has 2 heteroatoms. The second-order valence-corrected chi connectivity index (χ2v) is 7.62. The van der Waals surface area contributed by atoms with Crippen LogP contribution in [0.2, 0.25) is 0 Å². The Kier molecular flexibility index (Phi) is 6.95. The maximum atomic E-state index is 3.56.